The van der Waals surface area contributed by atoms with Gasteiger partial charge in [-0.05, 0) is 30.3 Å². The van der Waals surface area contributed by atoms with Gasteiger partial charge in [0.15, 0.2) is 6.04 Å². The molecule has 6 heteroatoms. The highest BCUT2D eigenvalue weighted by atomic mass is 16.6. The molecule has 0 amide bonds. The fourth-order valence-electron chi connectivity index (χ4n) is 1.84. The second-order valence-electron chi connectivity index (χ2n) is 4.66. The number of nitro groups is 1. The van der Waals surface area contributed by atoms with Crippen LogP contribution in [-0.4, -0.2) is 31.1 Å². The molecular formula is C14H16N4O2. The van der Waals surface area contributed by atoms with Crippen LogP contribution in [0.15, 0.2) is 58.8 Å². The van der Waals surface area contributed by atoms with E-state index in [0.29, 0.717) is 5.69 Å². The fraction of sp³-hybridized carbons (Fsp3) is 0.286. The molecule has 104 valence electrons. The predicted octanol–water partition coefficient (Wildman–Crippen LogP) is 2.98. The SMILES string of the molecule is CN(C)c1ccc(N=N[C@H]2C=CC=C[C@@H]2[N+](=O)[O-])cc1. The van der Waals surface area contributed by atoms with Gasteiger partial charge in [0, 0.05) is 24.7 Å². The summed E-state index contributed by atoms with van der Waals surface area (Å²) in [6.07, 6.45) is 6.62. The van der Waals surface area contributed by atoms with Crippen LogP contribution in [0.5, 0.6) is 0 Å². The molecule has 0 spiro atoms. The van der Waals surface area contributed by atoms with E-state index in [1.165, 1.54) is 6.08 Å². The van der Waals surface area contributed by atoms with Crippen molar-refractivity contribution in [3.05, 3.63) is 58.7 Å². The van der Waals surface area contributed by atoms with E-state index in [2.05, 4.69) is 10.2 Å². The zero-order chi connectivity index (χ0) is 14.5. The molecule has 0 unspecified atom stereocenters. The summed E-state index contributed by atoms with van der Waals surface area (Å²) in [5.41, 5.74) is 1.74. The smallest absolute Gasteiger partial charge is 0.258 e. The highest BCUT2D eigenvalue weighted by Gasteiger charge is 2.28. The molecule has 0 aromatic heterocycles. The van der Waals surface area contributed by atoms with E-state index in [1.807, 2.05) is 43.3 Å². The van der Waals surface area contributed by atoms with Crippen LogP contribution in [0.2, 0.25) is 0 Å². The average molecular weight is 272 g/mol. The van der Waals surface area contributed by atoms with Gasteiger partial charge in [0.2, 0.25) is 0 Å². The summed E-state index contributed by atoms with van der Waals surface area (Å²) in [6, 6.07) is 6.13. The van der Waals surface area contributed by atoms with Crippen molar-refractivity contribution >= 4 is 11.4 Å². The number of allylic oxidation sites excluding steroid dienone is 2. The highest BCUT2D eigenvalue weighted by molar-refractivity contribution is 5.51. The Hall–Kier alpha value is -2.50. The number of rotatable bonds is 4. The highest BCUT2D eigenvalue weighted by Crippen LogP contribution is 2.20. The topological polar surface area (TPSA) is 71.1 Å². The summed E-state index contributed by atoms with van der Waals surface area (Å²) in [5, 5.41) is 19.1. The van der Waals surface area contributed by atoms with Gasteiger partial charge in [-0.1, -0.05) is 18.2 Å². The second-order valence-corrected chi connectivity index (χ2v) is 4.66. The van der Waals surface area contributed by atoms with Crippen molar-refractivity contribution in [3.8, 4) is 0 Å². The monoisotopic (exact) mass is 272 g/mol. The lowest BCUT2D eigenvalue weighted by Crippen LogP contribution is -2.30. The fourth-order valence-corrected chi connectivity index (χ4v) is 1.84. The van der Waals surface area contributed by atoms with Gasteiger partial charge < -0.3 is 4.90 Å². The molecule has 2 rings (SSSR count). The van der Waals surface area contributed by atoms with E-state index in [1.54, 1.807) is 18.2 Å². The van der Waals surface area contributed by atoms with Gasteiger partial charge in [0.05, 0.1) is 5.69 Å². The zero-order valence-corrected chi connectivity index (χ0v) is 11.4. The van der Waals surface area contributed by atoms with E-state index in [9.17, 15) is 10.1 Å². The minimum atomic E-state index is -0.843. The van der Waals surface area contributed by atoms with Crippen molar-refractivity contribution < 1.29 is 4.92 Å². The predicted molar refractivity (Wildman–Crippen MR) is 78.1 cm³/mol. The van der Waals surface area contributed by atoms with Crippen LogP contribution in [-0.2, 0) is 0 Å². The summed E-state index contributed by atoms with van der Waals surface area (Å²) in [7, 11) is 3.91. The Morgan fingerprint density at radius 2 is 1.80 bits per heavy atom. The molecule has 1 aliphatic rings. The maximum absolute atomic E-state index is 10.9. The lowest BCUT2D eigenvalue weighted by molar-refractivity contribution is -0.510. The summed E-state index contributed by atoms with van der Waals surface area (Å²) >= 11 is 0. The average Bonchev–Trinajstić information content (AvgIpc) is 2.45. The number of nitrogens with zero attached hydrogens (tertiary/aromatic N) is 4. The van der Waals surface area contributed by atoms with Gasteiger partial charge in [0.1, 0.15) is 0 Å². The van der Waals surface area contributed by atoms with E-state index < -0.39 is 12.1 Å². The van der Waals surface area contributed by atoms with Crippen molar-refractivity contribution in [2.75, 3.05) is 19.0 Å². The number of hydrogen-bond donors (Lipinski definition) is 0. The summed E-state index contributed by atoms with van der Waals surface area (Å²) in [5.74, 6) is 0. The normalized spacial score (nSPS) is 21.3. The van der Waals surface area contributed by atoms with Crippen LogP contribution in [0.1, 0.15) is 0 Å². The quantitative estimate of drug-likeness (QED) is 0.480. The van der Waals surface area contributed by atoms with Crippen LogP contribution in [0.3, 0.4) is 0 Å². The molecule has 0 bridgehead atoms. The maximum Gasteiger partial charge on any atom is 0.258 e. The molecule has 0 N–H and O–H groups in total. The maximum atomic E-state index is 10.9. The minimum absolute atomic E-state index is 0.348. The molecule has 0 radical (unpaired) electrons. The summed E-state index contributed by atoms with van der Waals surface area (Å²) in [6.45, 7) is 0. The molecule has 20 heavy (non-hydrogen) atoms. The summed E-state index contributed by atoms with van der Waals surface area (Å²) in [4.78, 5) is 12.5. The standard InChI is InChI=1S/C14H16N4O2/c1-17(2)12-9-7-11(8-10-12)15-16-13-5-3-4-6-14(13)18(19)20/h3-10,13-14H,1-2H3/t13-,14-/m0/s1. The minimum Gasteiger partial charge on any atom is -0.378 e. The molecule has 2 atom stereocenters. The molecular weight excluding hydrogens is 256 g/mol. The Labute approximate surface area is 117 Å². The largest absolute Gasteiger partial charge is 0.378 e. The van der Waals surface area contributed by atoms with E-state index >= 15 is 0 Å². The van der Waals surface area contributed by atoms with Crippen molar-refractivity contribution in [1.82, 2.24) is 0 Å². The van der Waals surface area contributed by atoms with Crippen LogP contribution in [0, 0.1) is 10.1 Å². The van der Waals surface area contributed by atoms with Crippen LogP contribution in [0.4, 0.5) is 11.4 Å². The first-order chi connectivity index (χ1) is 9.58. The number of hydrogen-bond acceptors (Lipinski definition) is 5. The zero-order valence-electron chi connectivity index (χ0n) is 11.4. The number of azo groups is 1. The third-order valence-corrected chi connectivity index (χ3v) is 2.99. The van der Waals surface area contributed by atoms with Crippen molar-refractivity contribution in [2.24, 2.45) is 10.2 Å². The lowest BCUT2D eigenvalue weighted by Gasteiger charge is -2.13. The van der Waals surface area contributed by atoms with E-state index in [0.717, 1.165) is 5.69 Å². The second kappa shape index (κ2) is 6.10. The van der Waals surface area contributed by atoms with E-state index in [-0.39, 0.29) is 4.92 Å². The molecule has 0 saturated carbocycles. The molecule has 1 aliphatic carbocycles. The Morgan fingerprint density at radius 3 is 2.40 bits per heavy atom. The Bertz CT molecular complexity index is 561. The van der Waals surface area contributed by atoms with Gasteiger partial charge in [-0.25, -0.2) is 0 Å². The van der Waals surface area contributed by atoms with Gasteiger partial charge in [0.25, 0.3) is 6.04 Å². The molecule has 6 nitrogen and oxygen atoms in total. The van der Waals surface area contributed by atoms with Crippen molar-refractivity contribution in [3.63, 3.8) is 0 Å². The Morgan fingerprint density at radius 1 is 1.15 bits per heavy atom. The third kappa shape index (κ3) is 3.28. The molecule has 0 heterocycles. The first-order valence-electron chi connectivity index (χ1n) is 6.24. The van der Waals surface area contributed by atoms with Gasteiger partial charge >= 0.3 is 0 Å². The first-order valence-corrected chi connectivity index (χ1v) is 6.24. The summed E-state index contributed by atoms with van der Waals surface area (Å²) < 4.78 is 0. The van der Waals surface area contributed by atoms with Gasteiger partial charge in [-0.15, -0.1) is 0 Å². The van der Waals surface area contributed by atoms with E-state index in [4.69, 9.17) is 0 Å². The Kier molecular flexibility index (Phi) is 4.24. The van der Waals surface area contributed by atoms with Crippen molar-refractivity contribution in [1.29, 1.82) is 0 Å². The number of benzene rings is 1. The number of anilines is 1. The molecule has 0 saturated heterocycles. The van der Waals surface area contributed by atoms with Crippen LogP contribution < -0.4 is 4.90 Å². The van der Waals surface area contributed by atoms with Gasteiger partial charge in [-0.3, -0.25) is 10.1 Å². The van der Waals surface area contributed by atoms with Crippen molar-refractivity contribution in [2.45, 2.75) is 12.1 Å². The third-order valence-electron chi connectivity index (χ3n) is 2.99. The lowest BCUT2D eigenvalue weighted by atomic mass is 10.1. The Balaban J connectivity index is 2.10. The van der Waals surface area contributed by atoms with Gasteiger partial charge in [-0.2, -0.15) is 10.2 Å². The first kappa shape index (κ1) is 13.9. The molecule has 1 aromatic rings. The molecule has 0 aliphatic heterocycles. The molecule has 0 fully saturated rings. The van der Waals surface area contributed by atoms with Crippen LogP contribution in [0.25, 0.3) is 0 Å². The molecule has 1 aromatic carbocycles. The van der Waals surface area contributed by atoms with Crippen LogP contribution >= 0.6 is 0 Å².